The first-order valence-corrected chi connectivity index (χ1v) is 29.3. The second-order valence-electron chi connectivity index (χ2n) is 21.3. The number of allylic oxidation sites excluding steroid dienone is 2. The van der Waals surface area contributed by atoms with Gasteiger partial charge in [-0.3, -0.25) is 4.79 Å². The average Bonchev–Trinajstić information content (AvgIpc) is 3.65. The number of esters is 1. The standard InChI is InChI=1S/C59H82O6Si2/c1-10-11-29-43-59(8,65-67(58(5,6)7,49-35-22-16-23-36-49)50-37-24-17-25-38-50)44-42-52-51(39-26-12-13-27-40-55(60)61-9)54(46-53(52)63-56-41-28-30-45-62-56)64-66(57(2,3)4,47-31-18-14-19-32-47)48-33-20-15-21-34-48/h12,14-26,31-38,42,44,51-54,56H,10-11,13,27-30,39-41,43,45-46H2,1-9H3/t51-,52+,53-,54-,56?,59?/m1/s1. The van der Waals surface area contributed by atoms with Crippen molar-refractivity contribution in [3.05, 3.63) is 146 Å². The van der Waals surface area contributed by atoms with Crippen molar-refractivity contribution in [3.63, 3.8) is 0 Å². The van der Waals surface area contributed by atoms with Gasteiger partial charge in [-0.25, -0.2) is 0 Å². The molecule has 6 rings (SSSR count). The summed E-state index contributed by atoms with van der Waals surface area (Å²) in [6, 6.07) is 44.2. The van der Waals surface area contributed by atoms with E-state index in [0.29, 0.717) is 6.42 Å². The highest BCUT2D eigenvalue weighted by molar-refractivity contribution is 7.00. The molecule has 0 radical (unpaired) electrons. The van der Waals surface area contributed by atoms with Crippen LogP contribution in [-0.4, -0.2) is 60.4 Å². The summed E-state index contributed by atoms with van der Waals surface area (Å²) < 4.78 is 34.8. The molecule has 0 spiro atoms. The molecular weight excluding hydrogens is 861 g/mol. The van der Waals surface area contributed by atoms with Gasteiger partial charge in [0.1, 0.15) is 0 Å². The smallest absolute Gasteiger partial charge is 0.305 e. The summed E-state index contributed by atoms with van der Waals surface area (Å²) >= 11 is 0. The quantitative estimate of drug-likeness (QED) is 0.0339. The van der Waals surface area contributed by atoms with E-state index in [9.17, 15) is 4.79 Å². The van der Waals surface area contributed by atoms with Crippen LogP contribution < -0.4 is 20.7 Å². The Hall–Kier alpha value is -3.90. The van der Waals surface area contributed by atoms with Gasteiger partial charge in [-0.15, -0.1) is 0 Å². The van der Waals surface area contributed by atoms with E-state index >= 15 is 0 Å². The predicted molar refractivity (Wildman–Crippen MR) is 283 cm³/mol. The van der Waals surface area contributed by atoms with Crippen LogP contribution in [-0.2, 0) is 27.9 Å². The van der Waals surface area contributed by atoms with Crippen molar-refractivity contribution in [3.8, 4) is 0 Å². The average molecular weight is 943 g/mol. The molecule has 6 atom stereocenters. The highest BCUT2D eigenvalue weighted by atomic mass is 28.4. The second-order valence-corrected chi connectivity index (χ2v) is 29.8. The molecule has 0 aromatic heterocycles. The van der Waals surface area contributed by atoms with Crippen molar-refractivity contribution >= 4 is 43.4 Å². The number of carbonyl (C=O) groups excluding carboxylic acids is 1. The van der Waals surface area contributed by atoms with E-state index in [2.05, 4.69) is 201 Å². The fourth-order valence-corrected chi connectivity index (χ4v) is 20.5. The predicted octanol–water partition coefficient (Wildman–Crippen LogP) is 12.2. The Morgan fingerprint density at radius 1 is 0.687 bits per heavy atom. The summed E-state index contributed by atoms with van der Waals surface area (Å²) in [4.78, 5) is 12.0. The molecule has 67 heavy (non-hydrogen) atoms. The largest absolute Gasteiger partial charge is 0.469 e. The molecule has 0 amide bonds. The van der Waals surface area contributed by atoms with Gasteiger partial charge in [-0.05, 0) is 95.0 Å². The molecule has 2 fully saturated rings. The second kappa shape index (κ2) is 24.1. The van der Waals surface area contributed by atoms with Crippen LogP contribution in [0.1, 0.15) is 132 Å². The van der Waals surface area contributed by atoms with Gasteiger partial charge in [0.15, 0.2) is 6.29 Å². The molecule has 362 valence electrons. The van der Waals surface area contributed by atoms with Crippen molar-refractivity contribution in [2.75, 3.05) is 13.7 Å². The molecule has 1 saturated carbocycles. The minimum Gasteiger partial charge on any atom is -0.469 e. The number of ether oxygens (including phenoxy) is 3. The molecular formula is C59H82O6Si2. The van der Waals surface area contributed by atoms with Gasteiger partial charge >= 0.3 is 5.97 Å². The van der Waals surface area contributed by atoms with Gasteiger partial charge in [0, 0.05) is 18.9 Å². The molecule has 1 aliphatic carbocycles. The van der Waals surface area contributed by atoms with E-state index in [-0.39, 0.29) is 46.4 Å². The van der Waals surface area contributed by atoms with Gasteiger partial charge < -0.3 is 23.1 Å². The van der Waals surface area contributed by atoms with Gasteiger partial charge in [0.2, 0.25) is 0 Å². The molecule has 8 heteroatoms. The van der Waals surface area contributed by atoms with E-state index in [1.165, 1.54) is 27.9 Å². The van der Waals surface area contributed by atoms with E-state index < -0.39 is 22.2 Å². The Balaban J connectivity index is 1.50. The molecule has 1 saturated heterocycles. The minimum atomic E-state index is -2.96. The number of benzene rings is 4. The maximum atomic E-state index is 12.0. The third-order valence-corrected chi connectivity index (χ3v) is 24.6. The van der Waals surface area contributed by atoms with Crippen molar-refractivity contribution in [2.24, 2.45) is 11.8 Å². The van der Waals surface area contributed by atoms with Crippen LogP contribution in [0.4, 0.5) is 0 Å². The molecule has 1 heterocycles. The van der Waals surface area contributed by atoms with Crippen LogP contribution in [0, 0.1) is 11.8 Å². The molecule has 4 aromatic carbocycles. The molecule has 4 aromatic rings. The maximum Gasteiger partial charge on any atom is 0.305 e. The molecule has 2 unspecified atom stereocenters. The number of unbranched alkanes of at least 4 members (excludes halogenated alkanes) is 3. The van der Waals surface area contributed by atoms with Crippen molar-refractivity contribution in [1.29, 1.82) is 0 Å². The first-order chi connectivity index (χ1) is 32.2. The lowest BCUT2D eigenvalue weighted by molar-refractivity contribution is -0.193. The van der Waals surface area contributed by atoms with Crippen LogP contribution in [0.25, 0.3) is 0 Å². The summed E-state index contributed by atoms with van der Waals surface area (Å²) in [6.45, 7) is 19.6. The van der Waals surface area contributed by atoms with E-state index in [4.69, 9.17) is 23.1 Å². The SMILES string of the molecule is CCCCCC(C)(C=C[C@H]1[C@@H](CC=CCCCC(=O)OC)[C@H](O[Si](c2ccccc2)(c2ccccc2)C(C)(C)C)C[C@H]1OC1CCCCO1)O[Si](c1ccccc1)(c1ccccc1)C(C)(C)C. The molecule has 2 aliphatic rings. The number of hydrogen-bond acceptors (Lipinski definition) is 6. The van der Waals surface area contributed by atoms with Crippen LogP contribution in [0.2, 0.25) is 10.1 Å². The Bertz CT molecular complexity index is 2050. The summed E-state index contributed by atoms with van der Waals surface area (Å²) in [5, 5.41) is 4.76. The lowest BCUT2D eigenvalue weighted by Crippen LogP contribution is -2.69. The first-order valence-electron chi connectivity index (χ1n) is 25.5. The molecule has 0 bridgehead atoms. The summed E-state index contributed by atoms with van der Waals surface area (Å²) in [5.41, 5.74) is -0.586. The third kappa shape index (κ3) is 12.9. The van der Waals surface area contributed by atoms with E-state index in [1.807, 2.05) is 0 Å². The summed E-state index contributed by atoms with van der Waals surface area (Å²) in [5.74, 6) is -0.0572. The fraction of sp³-hybridized carbons (Fsp3) is 0.508. The van der Waals surface area contributed by atoms with Crippen molar-refractivity contribution in [2.45, 2.75) is 167 Å². The minimum absolute atomic E-state index is 0.0155. The lowest BCUT2D eigenvalue weighted by Gasteiger charge is -2.48. The first kappa shape index (κ1) is 52.5. The zero-order valence-corrected chi connectivity index (χ0v) is 44.4. The molecule has 6 nitrogen and oxygen atoms in total. The number of rotatable bonds is 22. The van der Waals surface area contributed by atoms with Crippen molar-refractivity contribution in [1.82, 2.24) is 0 Å². The van der Waals surface area contributed by atoms with Gasteiger partial charge in [-0.2, -0.15) is 0 Å². The van der Waals surface area contributed by atoms with Crippen LogP contribution >= 0.6 is 0 Å². The normalized spacial score (nSPS) is 21.7. The van der Waals surface area contributed by atoms with Crippen molar-refractivity contribution < 1.29 is 27.9 Å². The Morgan fingerprint density at radius 3 is 1.70 bits per heavy atom. The van der Waals surface area contributed by atoms with E-state index in [0.717, 1.165) is 77.2 Å². The zero-order chi connectivity index (χ0) is 48.0. The number of hydrogen-bond donors (Lipinski definition) is 0. The monoisotopic (exact) mass is 943 g/mol. The van der Waals surface area contributed by atoms with Crippen LogP contribution in [0.3, 0.4) is 0 Å². The summed E-state index contributed by atoms with van der Waals surface area (Å²) in [6.07, 6.45) is 19.8. The highest BCUT2D eigenvalue weighted by Crippen LogP contribution is 2.47. The van der Waals surface area contributed by atoms with Gasteiger partial charge in [-0.1, -0.05) is 213 Å². The summed E-state index contributed by atoms with van der Waals surface area (Å²) in [7, 11) is -4.44. The highest BCUT2D eigenvalue weighted by Gasteiger charge is 2.56. The van der Waals surface area contributed by atoms with Gasteiger partial charge in [0.25, 0.3) is 16.6 Å². The Kier molecular flexibility index (Phi) is 18.9. The van der Waals surface area contributed by atoms with Gasteiger partial charge in [0.05, 0.1) is 24.9 Å². The van der Waals surface area contributed by atoms with Crippen LogP contribution in [0.15, 0.2) is 146 Å². The zero-order valence-electron chi connectivity index (χ0n) is 42.4. The number of methoxy groups -OCH3 is 1. The van der Waals surface area contributed by atoms with Crippen LogP contribution in [0.5, 0.6) is 0 Å². The Morgan fingerprint density at radius 2 is 1.22 bits per heavy atom. The maximum absolute atomic E-state index is 12.0. The fourth-order valence-electron chi connectivity index (χ4n) is 10.9. The topological polar surface area (TPSA) is 63.2 Å². The number of carbonyl (C=O) groups is 1. The van der Waals surface area contributed by atoms with E-state index in [1.54, 1.807) is 0 Å². The Labute approximate surface area is 407 Å². The lowest BCUT2D eigenvalue weighted by atomic mass is 9.87. The molecule has 0 N–H and O–H groups in total. The molecule has 1 aliphatic heterocycles. The third-order valence-electron chi connectivity index (χ3n) is 14.4.